The fourth-order valence-corrected chi connectivity index (χ4v) is 2.88. The average molecular weight is 225 g/mol. The van der Waals surface area contributed by atoms with Crippen molar-refractivity contribution >= 4 is 5.97 Å². The zero-order valence-corrected chi connectivity index (χ0v) is 10.2. The van der Waals surface area contributed by atoms with Crippen molar-refractivity contribution in [3.63, 3.8) is 0 Å². The number of hydrogen-bond acceptors (Lipinski definition) is 2. The van der Waals surface area contributed by atoms with Gasteiger partial charge in [0.2, 0.25) is 0 Å². The third-order valence-electron chi connectivity index (χ3n) is 3.95. The second-order valence-corrected chi connectivity index (χ2v) is 5.69. The van der Waals surface area contributed by atoms with Gasteiger partial charge in [0.25, 0.3) is 0 Å². The van der Waals surface area contributed by atoms with Crippen LogP contribution in [0.2, 0.25) is 0 Å². The van der Waals surface area contributed by atoms with Crippen molar-refractivity contribution in [3.05, 3.63) is 0 Å². The average Bonchev–Trinajstić information content (AvgIpc) is 3.00. The molecule has 0 amide bonds. The standard InChI is InChI=1S/C13H23NO2/c1-10-3-2-4-12(7-10)14(9-13(15)16)8-11-5-6-11/h10-12H,2-9H2,1H3,(H,15,16). The topological polar surface area (TPSA) is 40.5 Å². The van der Waals surface area contributed by atoms with E-state index in [1.807, 2.05) is 0 Å². The molecule has 0 saturated heterocycles. The van der Waals surface area contributed by atoms with Crippen molar-refractivity contribution in [2.75, 3.05) is 13.1 Å². The Labute approximate surface area is 97.8 Å². The summed E-state index contributed by atoms with van der Waals surface area (Å²) in [4.78, 5) is 13.1. The monoisotopic (exact) mass is 225 g/mol. The highest BCUT2D eigenvalue weighted by atomic mass is 16.4. The molecule has 0 aliphatic heterocycles. The number of carboxylic acid groups (broad SMARTS) is 1. The number of nitrogens with zero attached hydrogens (tertiary/aromatic N) is 1. The lowest BCUT2D eigenvalue weighted by Gasteiger charge is -2.35. The summed E-state index contributed by atoms with van der Waals surface area (Å²) in [5.41, 5.74) is 0. The highest BCUT2D eigenvalue weighted by Gasteiger charge is 2.31. The van der Waals surface area contributed by atoms with Gasteiger partial charge in [-0.3, -0.25) is 9.69 Å². The second kappa shape index (κ2) is 5.17. The number of carbonyl (C=O) groups is 1. The Kier molecular flexibility index (Phi) is 3.85. The van der Waals surface area contributed by atoms with Crippen LogP contribution in [-0.2, 0) is 4.79 Å². The zero-order valence-electron chi connectivity index (χ0n) is 10.2. The Balaban J connectivity index is 1.89. The van der Waals surface area contributed by atoms with Gasteiger partial charge >= 0.3 is 5.97 Å². The molecule has 2 rings (SSSR count). The van der Waals surface area contributed by atoms with Crippen LogP contribution in [0, 0.1) is 11.8 Å². The van der Waals surface area contributed by atoms with Crippen molar-refractivity contribution in [2.45, 2.75) is 51.5 Å². The van der Waals surface area contributed by atoms with Crippen LogP contribution >= 0.6 is 0 Å². The third kappa shape index (κ3) is 3.48. The summed E-state index contributed by atoms with van der Waals surface area (Å²) in [6.07, 6.45) is 7.59. The molecule has 0 heterocycles. The molecule has 3 nitrogen and oxygen atoms in total. The molecular formula is C13H23NO2. The molecule has 0 spiro atoms. The van der Waals surface area contributed by atoms with Gasteiger partial charge in [-0.2, -0.15) is 0 Å². The van der Waals surface area contributed by atoms with Gasteiger partial charge < -0.3 is 5.11 Å². The maximum absolute atomic E-state index is 10.9. The molecule has 0 aromatic rings. The summed E-state index contributed by atoms with van der Waals surface area (Å²) >= 11 is 0. The van der Waals surface area contributed by atoms with Crippen LogP contribution in [0.1, 0.15) is 45.4 Å². The van der Waals surface area contributed by atoms with E-state index in [0.29, 0.717) is 6.04 Å². The first-order chi connectivity index (χ1) is 7.65. The molecule has 3 heteroatoms. The smallest absolute Gasteiger partial charge is 0.317 e. The maximum Gasteiger partial charge on any atom is 0.317 e. The first-order valence-electron chi connectivity index (χ1n) is 6.61. The van der Waals surface area contributed by atoms with Gasteiger partial charge in [0.1, 0.15) is 0 Å². The summed E-state index contributed by atoms with van der Waals surface area (Å²) in [6, 6.07) is 0.528. The third-order valence-corrected chi connectivity index (χ3v) is 3.95. The lowest BCUT2D eigenvalue weighted by molar-refractivity contribution is -0.139. The lowest BCUT2D eigenvalue weighted by atomic mass is 9.86. The number of rotatable bonds is 5. The zero-order chi connectivity index (χ0) is 11.5. The predicted octanol–water partition coefficient (Wildman–Crippen LogP) is 2.36. The van der Waals surface area contributed by atoms with Crippen LogP contribution < -0.4 is 0 Å². The normalized spacial score (nSPS) is 30.6. The highest BCUT2D eigenvalue weighted by Crippen LogP contribution is 2.33. The molecule has 1 N–H and O–H groups in total. The minimum absolute atomic E-state index is 0.244. The van der Waals surface area contributed by atoms with Crippen LogP contribution in [0.3, 0.4) is 0 Å². The van der Waals surface area contributed by atoms with Crippen molar-refractivity contribution < 1.29 is 9.90 Å². The first kappa shape index (κ1) is 11.9. The van der Waals surface area contributed by atoms with E-state index in [-0.39, 0.29) is 6.54 Å². The summed E-state index contributed by atoms with van der Waals surface area (Å²) in [7, 11) is 0. The van der Waals surface area contributed by atoms with Crippen LogP contribution in [0.15, 0.2) is 0 Å². The lowest BCUT2D eigenvalue weighted by Crippen LogP contribution is -2.42. The molecule has 16 heavy (non-hydrogen) atoms. The van der Waals surface area contributed by atoms with E-state index in [2.05, 4.69) is 11.8 Å². The molecule has 2 aliphatic rings. The van der Waals surface area contributed by atoms with E-state index in [4.69, 9.17) is 5.11 Å². The summed E-state index contributed by atoms with van der Waals surface area (Å²) < 4.78 is 0. The molecule has 2 atom stereocenters. The maximum atomic E-state index is 10.9. The molecule has 92 valence electrons. The number of carboxylic acids is 1. The SMILES string of the molecule is CC1CCCC(N(CC(=O)O)CC2CC2)C1. The van der Waals surface area contributed by atoms with E-state index in [0.717, 1.165) is 18.4 Å². The van der Waals surface area contributed by atoms with Crippen LogP contribution in [0.5, 0.6) is 0 Å². The summed E-state index contributed by atoms with van der Waals surface area (Å²) in [5, 5.41) is 8.97. The Morgan fingerprint density at radius 1 is 1.31 bits per heavy atom. The molecule has 0 aromatic carbocycles. The van der Waals surface area contributed by atoms with Crippen LogP contribution in [0.25, 0.3) is 0 Å². The molecule has 0 bridgehead atoms. The van der Waals surface area contributed by atoms with Gasteiger partial charge in [0.15, 0.2) is 0 Å². The van der Waals surface area contributed by atoms with E-state index in [1.54, 1.807) is 0 Å². The van der Waals surface area contributed by atoms with Crippen molar-refractivity contribution in [1.29, 1.82) is 0 Å². The molecular weight excluding hydrogens is 202 g/mol. The van der Waals surface area contributed by atoms with Gasteiger partial charge in [-0.25, -0.2) is 0 Å². The minimum atomic E-state index is -0.668. The predicted molar refractivity (Wildman–Crippen MR) is 63.4 cm³/mol. The van der Waals surface area contributed by atoms with Gasteiger partial charge in [-0.05, 0) is 37.5 Å². The van der Waals surface area contributed by atoms with Crippen molar-refractivity contribution in [1.82, 2.24) is 4.90 Å². The Hall–Kier alpha value is -0.570. The summed E-state index contributed by atoms with van der Waals surface area (Å²) in [5.74, 6) is 0.893. The fourth-order valence-electron chi connectivity index (χ4n) is 2.88. The molecule has 2 aliphatic carbocycles. The molecule has 2 unspecified atom stereocenters. The van der Waals surface area contributed by atoms with Crippen LogP contribution in [-0.4, -0.2) is 35.1 Å². The molecule has 0 radical (unpaired) electrons. The van der Waals surface area contributed by atoms with E-state index < -0.39 is 5.97 Å². The molecule has 0 aromatic heterocycles. The van der Waals surface area contributed by atoms with Gasteiger partial charge in [0.05, 0.1) is 6.54 Å². The minimum Gasteiger partial charge on any atom is -0.480 e. The number of hydrogen-bond donors (Lipinski definition) is 1. The largest absolute Gasteiger partial charge is 0.480 e. The van der Waals surface area contributed by atoms with E-state index in [1.165, 1.54) is 38.5 Å². The van der Waals surface area contributed by atoms with Crippen LogP contribution in [0.4, 0.5) is 0 Å². The van der Waals surface area contributed by atoms with Gasteiger partial charge in [0, 0.05) is 12.6 Å². The van der Waals surface area contributed by atoms with Gasteiger partial charge in [-0.15, -0.1) is 0 Å². The quantitative estimate of drug-likeness (QED) is 0.781. The van der Waals surface area contributed by atoms with E-state index >= 15 is 0 Å². The number of aliphatic carboxylic acids is 1. The first-order valence-corrected chi connectivity index (χ1v) is 6.61. The van der Waals surface area contributed by atoms with Crippen molar-refractivity contribution in [2.24, 2.45) is 11.8 Å². The summed E-state index contributed by atoms with van der Waals surface area (Å²) in [6.45, 7) is 3.56. The highest BCUT2D eigenvalue weighted by molar-refractivity contribution is 5.69. The fraction of sp³-hybridized carbons (Fsp3) is 0.923. The van der Waals surface area contributed by atoms with Crippen molar-refractivity contribution in [3.8, 4) is 0 Å². The Bertz CT molecular complexity index is 250. The van der Waals surface area contributed by atoms with E-state index in [9.17, 15) is 4.79 Å². The Morgan fingerprint density at radius 3 is 2.62 bits per heavy atom. The second-order valence-electron chi connectivity index (χ2n) is 5.69. The Morgan fingerprint density at radius 2 is 2.06 bits per heavy atom. The molecule has 2 fully saturated rings. The molecule has 2 saturated carbocycles. The van der Waals surface area contributed by atoms with Gasteiger partial charge in [-0.1, -0.05) is 19.8 Å².